The van der Waals surface area contributed by atoms with Gasteiger partial charge in [0.2, 0.25) is 0 Å². The molecule has 3 aromatic carbocycles. The standard InChI is InChI=1S/C29H22N2O2/c1-19(32)21-9-13-23(14-10-21)26-7-5-8-27(24-15-11-22(12-16-24)20(2)33)28(26)29-30-18-25-6-3-4-17-31(25)29/h3-18H,1-2H3. The average molecular weight is 431 g/mol. The van der Waals surface area contributed by atoms with Gasteiger partial charge in [-0.1, -0.05) is 72.8 Å². The zero-order valence-corrected chi connectivity index (χ0v) is 18.4. The zero-order chi connectivity index (χ0) is 22.9. The van der Waals surface area contributed by atoms with Crippen molar-refractivity contribution in [2.75, 3.05) is 0 Å². The van der Waals surface area contributed by atoms with Crippen LogP contribution < -0.4 is 0 Å². The van der Waals surface area contributed by atoms with Gasteiger partial charge < -0.3 is 0 Å². The van der Waals surface area contributed by atoms with Crippen LogP contribution in [0.2, 0.25) is 0 Å². The Morgan fingerprint density at radius 2 is 1.21 bits per heavy atom. The fraction of sp³-hybridized carbons (Fsp3) is 0.0690. The number of pyridine rings is 1. The number of benzene rings is 3. The van der Waals surface area contributed by atoms with Gasteiger partial charge in [-0.15, -0.1) is 0 Å². The van der Waals surface area contributed by atoms with Crippen LogP contribution in [0.3, 0.4) is 0 Å². The molecule has 0 N–H and O–H groups in total. The molecule has 0 aliphatic heterocycles. The zero-order valence-electron chi connectivity index (χ0n) is 18.4. The number of Topliss-reactive ketones (excluding diaryl/α,β-unsaturated/α-hetero) is 2. The summed E-state index contributed by atoms with van der Waals surface area (Å²) in [5.41, 5.74) is 7.42. The molecule has 0 radical (unpaired) electrons. The predicted molar refractivity (Wildman–Crippen MR) is 132 cm³/mol. The SMILES string of the molecule is CC(=O)c1ccc(-c2cccc(-c3ccc(C(C)=O)cc3)c2-c2ncc3ccccn23)cc1. The Hall–Kier alpha value is -4.31. The Labute approximate surface area is 192 Å². The number of hydrogen-bond donors (Lipinski definition) is 0. The molecule has 0 amide bonds. The quantitative estimate of drug-likeness (QED) is 0.290. The molecule has 0 saturated heterocycles. The molecular formula is C29H22N2O2. The molecule has 0 aliphatic rings. The van der Waals surface area contributed by atoms with E-state index in [4.69, 9.17) is 4.98 Å². The molecule has 0 bridgehead atoms. The highest BCUT2D eigenvalue weighted by Crippen LogP contribution is 2.39. The molecule has 4 nitrogen and oxygen atoms in total. The van der Waals surface area contributed by atoms with Gasteiger partial charge in [0.15, 0.2) is 11.6 Å². The van der Waals surface area contributed by atoms with Gasteiger partial charge in [-0.05, 0) is 48.2 Å². The molecule has 33 heavy (non-hydrogen) atoms. The highest BCUT2D eigenvalue weighted by atomic mass is 16.1. The van der Waals surface area contributed by atoms with E-state index in [-0.39, 0.29) is 11.6 Å². The maximum Gasteiger partial charge on any atom is 0.159 e. The van der Waals surface area contributed by atoms with Crippen molar-refractivity contribution in [2.45, 2.75) is 13.8 Å². The maximum absolute atomic E-state index is 11.8. The summed E-state index contributed by atoms with van der Waals surface area (Å²) in [4.78, 5) is 28.3. The lowest BCUT2D eigenvalue weighted by Gasteiger charge is -2.16. The van der Waals surface area contributed by atoms with Crippen LogP contribution in [-0.4, -0.2) is 21.0 Å². The number of aromatic nitrogens is 2. The van der Waals surface area contributed by atoms with Gasteiger partial charge in [-0.2, -0.15) is 0 Å². The maximum atomic E-state index is 11.8. The minimum atomic E-state index is 0.0420. The van der Waals surface area contributed by atoms with Crippen molar-refractivity contribution in [1.29, 1.82) is 0 Å². The van der Waals surface area contributed by atoms with Crippen LogP contribution in [0.15, 0.2) is 97.3 Å². The third kappa shape index (κ3) is 3.76. The normalized spacial score (nSPS) is 11.0. The van der Waals surface area contributed by atoms with E-state index < -0.39 is 0 Å². The second kappa shape index (κ2) is 8.32. The topological polar surface area (TPSA) is 51.4 Å². The highest BCUT2D eigenvalue weighted by molar-refractivity contribution is 5.97. The van der Waals surface area contributed by atoms with Crippen molar-refractivity contribution in [1.82, 2.24) is 9.38 Å². The Morgan fingerprint density at radius 1 is 0.667 bits per heavy atom. The van der Waals surface area contributed by atoms with E-state index in [1.54, 1.807) is 13.8 Å². The van der Waals surface area contributed by atoms with E-state index in [1.165, 1.54) is 0 Å². The molecule has 2 aromatic heterocycles. The molecule has 0 aliphatic carbocycles. The van der Waals surface area contributed by atoms with Gasteiger partial charge in [0.25, 0.3) is 0 Å². The number of hydrogen-bond acceptors (Lipinski definition) is 3. The third-order valence-electron chi connectivity index (χ3n) is 5.93. The number of rotatable bonds is 5. The number of carbonyl (C=O) groups excluding carboxylic acids is 2. The first kappa shape index (κ1) is 20.6. The van der Waals surface area contributed by atoms with Crippen LogP contribution in [0.25, 0.3) is 39.2 Å². The Bertz CT molecular complexity index is 1420. The van der Waals surface area contributed by atoms with E-state index in [0.717, 1.165) is 39.2 Å². The van der Waals surface area contributed by atoms with Crippen LogP contribution >= 0.6 is 0 Å². The smallest absolute Gasteiger partial charge is 0.159 e. The summed E-state index contributed by atoms with van der Waals surface area (Å²) in [6.07, 6.45) is 3.88. The number of imidazole rings is 1. The minimum absolute atomic E-state index is 0.0420. The lowest BCUT2D eigenvalue weighted by atomic mass is 9.90. The van der Waals surface area contributed by atoms with Gasteiger partial charge in [0.05, 0.1) is 11.7 Å². The van der Waals surface area contributed by atoms with Crippen molar-refractivity contribution < 1.29 is 9.59 Å². The van der Waals surface area contributed by atoms with Crippen molar-refractivity contribution in [2.24, 2.45) is 0 Å². The van der Waals surface area contributed by atoms with E-state index in [0.29, 0.717) is 11.1 Å². The Balaban J connectivity index is 1.77. The lowest BCUT2D eigenvalue weighted by molar-refractivity contribution is 0.100. The fourth-order valence-corrected chi connectivity index (χ4v) is 4.17. The number of carbonyl (C=O) groups is 2. The van der Waals surface area contributed by atoms with Crippen LogP contribution in [0.1, 0.15) is 34.6 Å². The molecule has 2 heterocycles. The molecule has 0 fully saturated rings. The largest absolute Gasteiger partial charge is 0.300 e. The first-order valence-electron chi connectivity index (χ1n) is 10.8. The monoisotopic (exact) mass is 430 g/mol. The number of nitrogens with zero attached hydrogens (tertiary/aromatic N) is 2. The predicted octanol–water partition coefficient (Wildman–Crippen LogP) is 6.74. The lowest BCUT2D eigenvalue weighted by Crippen LogP contribution is -1.97. The van der Waals surface area contributed by atoms with E-state index in [9.17, 15) is 9.59 Å². The van der Waals surface area contributed by atoms with Gasteiger partial charge in [-0.3, -0.25) is 14.0 Å². The number of ketones is 2. The van der Waals surface area contributed by atoms with E-state index in [2.05, 4.69) is 16.5 Å². The van der Waals surface area contributed by atoms with Crippen molar-refractivity contribution >= 4 is 17.1 Å². The molecular weight excluding hydrogens is 408 g/mol. The molecule has 160 valence electrons. The second-order valence-electron chi connectivity index (χ2n) is 8.07. The molecule has 0 saturated carbocycles. The summed E-state index contributed by atoms with van der Waals surface area (Å²) in [6.45, 7) is 3.14. The summed E-state index contributed by atoms with van der Waals surface area (Å²) in [5, 5.41) is 0. The summed E-state index contributed by atoms with van der Waals surface area (Å²) in [5.74, 6) is 0.920. The molecule has 0 atom stereocenters. The van der Waals surface area contributed by atoms with Crippen LogP contribution in [0.5, 0.6) is 0 Å². The van der Waals surface area contributed by atoms with E-state index >= 15 is 0 Å². The summed E-state index contributed by atoms with van der Waals surface area (Å²) < 4.78 is 2.08. The number of fused-ring (bicyclic) bond motifs is 1. The third-order valence-corrected chi connectivity index (χ3v) is 5.93. The van der Waals surface area contributed by atoms with Gasteiger partial charge >= 0.3 is 0 Å². The van der Waals surface area contributed by atoms with Crippen molar-refractivity contribution in [3.05, 3.63) is 108 Å². The van der Waals surface area contributed by atoms with Crippen LogP contribution in [-0.2, 0) is 0 Å². The second-order valence-corrected chi connectivity index (χ2v) is 8.07. The molecule has 4 heteroatoms. The summed E-state index contributed by atoms with van der Waals surface area (Å²) >= 11 is 0. The first-order valence-corrected chi connectivity index (χ1v) is 10.8. The minimum Gasteiger partial charge on any atom is -0.300 e. The van der Waals surface area contributed by atoms with Gasteiger partial charge in [0.1, 0.15) is 5.82 Å². The molecule has 5 aromatic rings. The first-order chi connectivity index (χ1) is 16.0. The molecule has 0 unspecified atom stereocenters. The summed E-state index contributed by atoms with van der Waals surface area (Å²) in [6, 6.07) is 27.6. The molecule has 0 spiro atoms. The Morgan fingerprint density at radius 3 is 1.73 bits per heavy atom. The van der Waals surface area contributed by atoms with Gasteiger partial charge in [-0.25, -0.2) is 4.98 Å². The Kier molecular flexibility index (Phi) is 5.19. The fourth-order valence-electron chi connectivity index (χ4n) is 4.17. The highest BCUT2D eigenvalue weighted by Gasteiger charge is 2.18. The van der Waals surface area contributed by atoms with Crippen molar-refractivity contribution in [3.63, 3.8) is 0 Å². The van der Waals surface area contributed by atoms with E-state index in [1.807, 2.05) is 85.2 Å². The average Bonchev–Trinajstić information content (AvgIpc) is 3.27. The van der Waals surface area contributed by atoms with Crippen molar-refractivity contribution in [3.8, 4) is 33.6 Å². The molecule has 5 rings (SSSR count). The van der Waals surface area contributed by atoms with Gasteiger partial charge in [0, 0.05) is 22.9 Å². The van der Waals surface area contributed by atoms with Crippen LogP contribution in [0, 0.1) is 0 Å². The van der Waals surface area contributed by atoms with Crippen LogP contribution in [0.4, 0.5) is 0 Å². The summed E-state index contributed by atoms with van der Waals surface area (Å²) in [7, 11) is 0.